The molecule has 0 saturated carbocycles. The molecule has 0 bridgehead atoms. The van der Waals surface area contributed by atoms with E-state index in [1.165, 1.54) is 5.56 Å². The third-order valence-electron chi connectivity index (χ3n) is 3.76. The standard InChI is InChI=1S/C14H14N2O2/c17-9-3-4-12-11(8-9)10-2-1-6-16-7-5-15-14(16)13(10)18-12/h3-4,8,17H,1-2,5-7H2. The van der Waals surface area contributed by atoms with Crippen LogP contribution in [0.1, 0.15) is 17.7 Å². The molecule has 4 heteroatoms. The summed E-state index contributed by atoms with van der Waals surface area (Å²) in [5.41, 5.74) is 2.04. The molecule has 0 aliphatic carbocycles. The van der Waals surface area contributed by atoms with E-state index in [9.17, 15) is 5.11 Å². The van der Waals surface area contributed by atoms with Gasteiger partial charge in [0.25, 0.3) is 0 Å². The van der Waals surface area contributed by atoms with Crippen molar-refractivity contribution in [3.05, 3.63) is 29.5 Å². The van der Waals surface area contributed by atoms with Gasteiger partial charge in [-0.1, -0.05) is 0 Å². The SMILES string of the molecule is Oc1ccc2oc3c(c2c1)CCCN1CCN=C31. The normalized spacial score (nSPS) is 18.4. The van der Waals surface area contributed by atoms with Gasteiger partial charge in [-0.2, -0.15) is 0 Å². The number of aryl methyl sites for hydroxylation is 1. The predicted molar refractivity (Wildman–Crippen MR) is 69.2 cm³/mol. The summed E-state index contributed by atoms with van der Waals surface area (Å²) in [6, 6.07) is 5.29. The molecule has 2 aliphatic rings. The maximum Gasteiger partial charge on any atom is 0.173 e. The van der Waals surface area contributed by atoms with Gasteiger partial charge in [0.15, 0.2) is 11.6 Å². The van der Waals surface area contributed by atoms with Crippen LogP contribution < -0.4 is 0 Å². The quantitative estimate of drug-likeness (QED) is 0.770. The highest BCUT2D eigenvalue weighted by Gasteiger charge is 2.28. The van der Waals surface area contributed by atoms with Gasteiger partial charge in [0.2, 0.25) is 0 Å². The Morgan fingerprint density at radius 3 is 3.17 bits per heavy atom. The van der Waals surface area contributed by atoms with Crippen molar-refractivity contribution in [1.82, 2.24) is 4.90 Å². The fourth-order valence-electron chi connectivity index (χ4n) is 2.93. The summed E-state index contributed by atoms with van der Waals surface area (Å²) in [7, 11) is 0. The van der Waals surface area contributed by atoms with Crippen molar-refractivity contribution in [1.29, 1.82) is 0 Å². The zero-order valence-corrected chi connectivity index (χ0v) is 10.0. The second-order valence-electron chi connectivity index (χ2n) is 4.89. The zero-order valence-electron chi connectivity index (χ0n) is 10.0. The maximum absolute atomic E-state index is 9.63. The van der Waals surface area contributed by atoms with Crippen LogP contribution in [0.25, 0.3) is 11.0 Å². The number of nitrogens with zero attached hydrogens (tertiary/aromatic N) is 2. The fourth-order valence-corrected chi connectivity index (χ4v) is 2.93. The molecule has 4 rings (SSSR count). The Labute approximate surface area is 105 Å². The van der Waals surface area contributed by atoms with Crippen molar-refractivity contribution in [3.8, 4) is 5.75 Å². The largest absolute Gasteiger partial charge is 0.508 e. The average Bonchev–Trinajstić information content (AvgIpc) is 2.91. The molecule has 0 amide bonds. The number of aliphatic imine (C=N–C) groups is 1. The average molecular weight is 242 g/mol. The molecule has 3 heterocycles. The van der Waals surface area contributed by atoms with Gasteiger partial charge in [-0.15, -0.1) is 0 Å². The number of rotatable bonds is 0. The first-order chi connectivity index (χ1) is 8.83. The van der Waals surface area contributed by atoms with Crippen LogP contribution in [0.4, 0.5) is 0 Å². The van der Waals surface area contributed by atoms with Crippen LogP contribution in [0.5, 0.6) is 5.75 Å². The summed E-state index contributed by atoms with van der Waals surface area (Å²) >= 11 is 0. The van der Waals surface area contributed by atoms with E-state index in [4.69, 9.17) is 4.42 Å². The highest BCUT2D eigenvalue weighted by molar-refractivity contribution is 6.03. The number of fused-ring (bicyclic) bond motifs is 5. The molecule has 1 N–H and O–H groups in total. The molecule has 1 aromatic carbocycles. The van der Waals surface area contributed by atoms with Crippen LogP contribution in [0.3, 0.4) is 0 Å². The minimum atomic E-state index is 0.292. The number of phenols is 1. The summed E-state index contributed by atoms with van der Waals surface area (Å²) in [5, 5.41) is 10.7. The molecule has 1 aromatic heterocycles. The lowest BCUT2D eigenvalue weighted by molar-refractivity contribution is 0.447. The Balaban J connectivity index is 2.00. The number of amidine groups is 1. The molecule has 0 unspecified atom stereocenters. The van der Waals surface area contributed by atoms with Crippen molar-refractivity contribution in [2.45, 2.75) is 12.8 Å². The first kappa shape index (κ1) is 10.00. The summed E-state index contributed by atoms with van der Waals surface area (Å²) in [6.07, 6.45) is 2.09. The lowest BCUT2D eigenvalue weighted by atomic mass is 10.1. The molecule has 2 aromatic rings. The molecule has 18 heavy (non-hydrogen) atoms. The Morgan fingerprint density at radius 2 is 2.22 bits per heavy atom. The van der Waals surface area contributed by atoms with E-state index in [1.54, 1.807) is 12.1 Å². The molecule has 0 radical (unpaired) electrons. The van der Waals surface area contributed by atoms with Gasteiger partial charge in [-0.05, 0) is 31.0 Å². The number of aromatic hydroxyl groups is 1. The monoisotopic (exact) mass is 242 g/mol. The first-order valence-corrected chi connectivity index (χ1v) is 6.37. The van der Waals surface area contributed by atoms with E-state index in [0.717, 1.165) is 55.0 Å². The lowest BCUT2D eigenvalue weighted by Crippen LogP contribution is -2.27. The second kappa shape index (κ2) is 3.51. The van der Waals surface area contributed by atoms with Gasteiger partial charge in [0.05, 0.1) is 6.54 Å². The minimum Gasteiger partial charge on any atom is -0.508 e. The van der Waals surface area contributed by atoms with E-state index >= 15 is 0 Å². The summed E-state index contributed by atoms with van der Waals surface area (Å²) in [6.45, 7) is 2.90. The van der Waals surface area contributed by atoms with E-state index in [-0.39, 0.29) is 0 Å². The van der Waals surface area contributed by atoms with Crippen LogP contribution in [-0.2, 0) is 6.42 Å². The Bertz CT molecular complexity index is 657. The van der Waals surface area contributed by atoms with Crippen molar-refractivity contribution in [2.24, 2.45) is 4.99 Å². The maximum atomic E-state index is 9.63. The van der Waals surface area contributed by atoms with E-state index in [1.807, 2.05) is 6.07 Å². The summed E-state index contributed by atoms with van der Waals surface area (Å²) in [4.78, 5) is 6.86. The number of phenolic OH excluding ortho intramolecular Hbond substituents is 1. The van der Waals surface area contributed by atoms with Crippen LogP contribution in [-0.4, -0.2) is 35.5 Å². The topological polar surface area (TPSA) is 49.0 Å². The van der Waals surface area contributed by atoms with Crippen LogP contribution in [0.2, 0.25) is 0 Å². The smallest absolute Gasteiger partial charge is 0.173 e. The molecular formula is C14H14N2O2. The van der Waals surface area contributed by atoms with E-state index < -0.39 is 0 Å². The van der Waals surface area contributed by atoms with Gasteiger partial charge >= 0.3 is 0 Å². The lowest BCUT2D eigenvalue weighted by Gasteiger charge is -2.15. The summed E-state index contributed by atoms with van der Waals surface area (Å²) < 4.78 is 5.96. The van der Waals surface area contributed by atoms with Crippen LogP contribution in [0.15, 0.2) is 27.6 Å². The molecule has 0 saturated heterocycles. The molecule has 0 atom stereocenters. The molecule has 92 valence electrons. The Hall–Kier alpha value is -1.97. The molecule has 2 aliphatic heterocycles. The second-order valence-corrected chi connectivity index (χ2v) is 4.89. The van der Waals surface area contributed by atoms with Gasteiger partial charge < -0.3 is 14.4 Å². The highest BCUT2D eigenvalue weighted by Crippen LogP contribution is 2.33. The van der Waals surface area contributed by atoms with Crippen molar-refractivity contribution in [2.75, 3.05) is 19.6 Å². The number of furan rings is 1. The molecule has 0 fully saturated rings. The highest BCUT2D eigenvalue weighted by atomic mass is 16.3. The number of hydrogen-bond donors (Lipinski definition) is 1. The van der Waals surface area contributed by atoms with Crippen molar-refractivity contribution >= 4 is 16.8 Å². The Morgan fingerprint density at radius 1 is 1.28 bits per heavy atom. The van der Waals surface area contributed by atoms with Gasteiger partial charge in [-0.3, -0.25) is 4.99 Å². The van der Waals surface area contributed by atoms with E-state index in [0.29, 0.717) is 5.75 Å². The van der Waals surface area contributed by atoms with Crippen LogP contribution >= 0.6 is 0 Å². The number of benzene rings is 1. The number of hydrogen-bond acceptors (Lipinski definition) is 4. The van der Waals surface area contributed by atoms with Gasteiger partial charge in [-0.25, -0.2) is 0 Å². The van der Waals surface area contributed by atoms with Gasteiger partial charge in [0.1, 0.15) is 11.3 Å². The van der Waals surface area contributed by atoms with E-state index in [2.05, 4.69) is 9.89 Å². The molecule has 4 nitrogen and oxygen atoms in total. The fraction of sp³-hybridized carbons (Fsp3) is 0.357. The minimum absolute atomic E-state index is 0.292. The van der Waals surface area contributed by atoms with Gasteiger partial charge in [0, 0.05) is 24.0 Å². The molecular weight excluding hydrogens is 228 g/mol. The Kier molecular flexibility index (Phi) is 1.95. The molecule has 0 spiro atoms. The van der Waals surface area contributed by atoms with Crippen molar-refractivity contribution in [3.63, 3.8) is 0 Å². The third kappa shape index (κ3) is 1.29. The first-order valence-electron chi connectivity index (χ1n) is 6.37. The summed E-state index contributed by atoms with van der Waals surface area (Å²) in [5.74, 6) is 2.20. The third-order valence-corrected chi connectivity index (χ3v) is 3.76. The van der Waals surface area contributed by atoms with Crippen molar-refractivity contribution < 1.29 is 9.52 Å². The predicted octanol–water partition coefficient (Wildman–Crippen LogP) is 2.15. The van der Waals surface area contributed by atoms with Crippen LogP contribution in [0, 0.1) is 0 Å². The zero-order chi connectivity index (χ0) is 12.1.